The number of halogens is 2. The van der Waals surface area contributed by atoms with Crippen LogP contribution < -0.4 is 15.9 Å². The summed E-state index contributed by atoms with van der Waals surface area (Å²) in [4.78, 5) is 27.5. The molecule has 0 saturated carbocycles. The molecule has 0 amide bonds. The van der Waals surface area contributed by atoms with Crippen molar-refractivity contribution >= 4 is 17.8 Å². The number of hydrogen-bond donors (Lipinski definition) is 2. The van der Waals surface area contributed by atoms with E-state index in [1.807, 2.05) is 38.3 Å². The third-order valence-electron chi connectivity index (χ3n) is 6.38. The van der Waals surface area contributed by atoms with Gasteiger partial charge in [-0.05, 0) is 37.8 Å². The summed E-state index contributed by atoms with van der Waals surface area (Å²) in [5, 5.41) is 9.51. The molecule has 9 heteroatoms. The molecule has 2 aliphatic heterocycles. The fourth-order valence-corrected chi connectivity index (χ4v) is 4.90. The Hall–Kier alpha value is -3.49. The molecule has 3 heterocycles. The number of nitrogens with zero attached hydrogens (tertiary/aromatic N) is 2. The summed E-state index contributed by atoms with van der Waals surface area (Å²) in [5.74, 6) is -0.634. The first-order chi connectivity index (χ1) is 15.9. The van der Waals surface area contributed by atoms with Crippen LogP contribution in [0.2, 0.25) is 0 Å². The molecule has 34 heavy (non-hydrogen) atoms. The molecular formula is C25H27F2N3O4. The van der Waals surface area contributed by atoms with E-state index in [0.29, 0.717) is 35.4 Å². The third kappa shape index (κ3) is 3.99. The fourth-order valence-electron chi connectivity index (χ4n) is 4.90. The molecule has 1 atom stereocenters. The second kappa shape index (κ2) is 8.38. The predicted octanol–water partition coefficient (Wildman–Crippen LogP) is 4.27. The number of carbonyl (C=O) groups is 1. The Labute approximate surface area is 195 Å². The Morgan fingerprint density at radius 1 is 1.32 bits per heavy atom. The van der Waals surface area contributed by atoms with E-state index in [4.69, 9.17) is 10.5 Å². The average Bonchev–Trinajstić information content (AvgIpc) is 3.07. The normalized spacial score (nSPS) is 18.7. The van der Waals surface area contributed by atoms with Gasteiger partial charge in [0.25, 0.3) is 0 Å². The van der Waals surface area contributed by atoms with Crippen LogP contribution in [0.1, 0.15) is 60.8 Å². The number of hydrogen-bond acceptors (Lipinski definition) is 5. The molecule has 7 nitrogen and oxygen atoms in total. The second-order valence-corrected chi connectivity index (χ2v) is 9.65. The van der Waals surface area contributed by atoms with Crippen molar-refractivity contribution in [2.75, 3.05) is 0 Å². The van der Waals surface area contributed by atoms with E-state index in [-0.39, 0.29) is 17.5 Å². The first kappa shape index (κ1) is 23.7. The molecule has 1 unspecified atom stereocenters. The summed E-state index contributed by atoms with van der Waals surface area (Å²) in [6.07, 6.45) is 4.77. The zero-order chi connectivity index (χ0) is 24.9. The number of carboxylic acid groups (broad SMARTS) is 1. The van der Waals surface area contributed by atoms with E-state index in [0.717, 1.165) is 22.9 Å². The van der Waals surface area contributed by atoms with Crippen molar-refractivity contribution in [2.24, 2.45) is 16.6 Å². The van der Waals surface area contributed by atoms with Crippen LogP contribution in [0, 0.1) is 5.92 Å². The van der Waals surface area contributed by atoms with Crippen LogP contribution in [0.3, 0.4) is 0 Å². The van der Waals surface area contributed by atoms with Crippen molar-refractivity contribution < 1.29 is 23.4 Å². The topological polar surface area (TPSA) is 107 Å². The largest absolute Gasteiger partial charge is 0.487 e. The smallest absolute Gasteiger partial charge is 0.341 e. The molecule has 0 spiro atoms. The number of carboxylic acids is 1. The Morgan fingerprint density at radius 2 is 2.03 bits per heavy atom. The number of fused-ring (bicyclic) bond motifs is 5. The lowest BCUT2D eigenvalue weighted by Crippen LogP contribution is -2.29. The Bertz CT molecular complexity index is 1290. The molecule has 1 aromatic carbocycles. The van der Waals surface area contributed by atoms with Gasteiger partial charge in [-0.15, -0.1) is 0 Å². The van der Waals surface area contributed by atoms with Gasteiger partial charge in [0.1, 0.15) is 16.9 Å². The molecule has 2 aliphatic rings. The van der Waals surface area contributed by atoms with Gasteiger partial charge in [-0.1, -0.05) is 13.8 Å². The van der Waals surface area contributed by atoms with E-state index >= 15 is 0 Å². The maximum Gasteiger partial charge on any atom is 0.341 e. The minimum Gasteiger partial charge on any atom is -0.487 e. The number of rotatable bonds is 5. The van der Waals surface area contributed by atoms with Crippen LogP contribution in [-0.4, -0.2) is 34.0 Å². The Balaban J connectivity index is 2.03. The summed E-state index contributed by atoms with van der Waals surface area (Å²) in [7, 11) is 0. The number of benzene rings is 1. The molecule has 180 valence electrons. The molecule has 0 radical (unpaired) electrons. The first-order valence-electron chi connectivity index (χ1n) is 11.0. The fraction of sp³-hybridized carbons (Fsp3) is 0.400. The van der Waals surface area contributed by atoms with Crippen LogP contribution >= 0.6 is 0 Å². The molecule has 2 aromatic rings. The van der Waals surface area contributed by atoms with Crippen molar-refractivity contribution in [3.63, 3.8) is 0 Å². The van der Waals surface area contributed by atoms with Crippen LogP contribution in [0.4, 0.5) is 8.78 Å². The molecule has 0 saturated heterocycles. The van der Waals surface area contributed by atoms with Crippen LogP contribution in [-0.2, 0) is 12.8 Å². The quantitative estimate of drug-likeness (QED) is 0.500. The van der Waals surface area contributed by atoms with Gasteiger partial charge in [0, 0.05) is 59.4 Å². The van der Waals surface area contributed by atoms with Gasteiger partial charge in [0.15, 0.2) is 5.43 Å². The number of allylic oxidation sites excluding steroid dienone is 1. The highest BCUT2D eigenvalue weighted by Crippen LogP contribution is 2.49. The molecule has 0 bridgehead atoms. The minimum atomic E-state index is -2.87. The highest BCUT2D eigenvalue weighted by molar-refractivity contribution is 6.11. The number of aromatic carboxylic acids is 1. The lowest BCUT2D eigenvalue weighted by molar-refractivity contribution is 0.0694. The predicted molar refractivity (Wildman–Crippen MR) is 126 cm³/mol. The van der Waals surface area contributed by atoms with Crippen molar-refractivity contribution in [1.82, 2.24) is 4.57 Å². The number of alkyl halides is 2. The second-order valence-electron chi connectivity index (χ2n) is 9.65. The van der Waals surface area contributed by atoms with Gasteiger partial charge in [-0.25, -0.2) is 9.79 Å². The maximum absolute atomic E-state index is 12.8. The molecule has 0 aliphatic carbocycles. The van der Waals surface area contributed by atoms with E-state index in [2.05, 4.69) is 4.99 Å². The number of pyridine rings is 1. The summed E-state index contributed by atoms with van der Waals surface area (Å²) in [5.41, 5.74) is 8.43. The number of aliphatic imine (C=N–C) groups is 1. The molecule has 4 rings (SSSR count). The summed E-state index contributed by atoms with van der Waals surface area (Å²) in [6, 6.07) is 3.13. The van der Waals surface area contributed by atoms with E-state index in [1.165, 1.54) is 18.5 Å². The van der Waals surface area contributed by atoms with Gasteiger partial charge in [-0.2, -0.15) is 8.78 Å². The van der Waals surface area contributed by atoms with E-state index < -0.39 is 23.5 Å². The van der Waals surface area contributed by atoms with Gasteiger partial charge in [-0.3, -0.25) is 4.79 Å². The average molecular weight is 472 g/mol. The third-order valence-corrected chi connectivity index (χ3v) is 6.38. The van der Waals surface area contributed by atoms with Crippen molar-refractivity contribution in [2.45, 2.75) is 58.7 Å². The number of nitrogens with two attached hydrogens (primary N) is 1. The number of ether oxygens (including phenoxy) is 1. The van der Waals surface area contributed by atoms with Crippen molar-refractivity contribution in [3.8, 4) is 17.0 Å². The van der Waals surface area contributed by atoms with Gasteiger partial charge in [0.2, 0.25) is 0 Å². The number of aromatic nitrogens is 1. The monoisotopic (exact) mass is 471 g/mol. The Kier molecular flexibility index (Phi) is 5.83. The standard InChI is InChI=1S/C25H27F2N3O4/c1-12(2)18-6-13-5-15(14(9-28)10-29-24(26)27)22-16(8-25(3,4)34-22)21(13)19-7-20(31)17(23(32)33)11-30(18)19/h5,7,9-12,18,24H,6,8,28H2,1-4H3,(H,32,33). The lowest BCUT2D eigenvalue weighted by Gasteiger charge is -2.34. The van der Waals surface area contributed by atoms with Crippen molar-refractivity contribution in [3.05, 3.63) is 57.0 Å². The van der Waals surface area contributed by atoms with E-state index in [9.17, 15) is 23.5 Å². The van der Waals surface area contributed by atoms with Crippen LogP contribution in [0.25, 0.3) is 16.8 Å². The molecular weight excluding hydrogens is 444 g/mol. The maximum atomic E-state index is 12.8. The minimum absolute atomic E-state index is 0.109. The first-order valence-corrected chi connectivity index (χ1v) is 11.0. The summed E-state index contributed by atoms with van der Waals surface area (Å²) < 4.78 is 33.7. The summed E-state index contributed by atoms with van der Waals surface area (Å²) >= 11 is 0. The highest BCUT2D eigenvalue weighted by atomic mass is 19.3. The lowest BCUT2D eigenvalue weighted by atomic mass is 9.81. The van der Waals surface area contributed by atoms with Gasteiger partial charge >= 0.3 is 12.5 Å². The Morgan fingerprint density at radius 3 is 2.62 bits per heavy atom. The zero-order valence-electron chi connectivity index (χ0n) is 19.4. The SMILES string of the molecule is CC(C)C1Cc2cc(C(C=NC(F)F)=CN)c3c(c2-c2cc(=O)c(C(=O)O)cn21)CC(C)(C)O3. The zero-order valence-corrected chi connectivity index (χ0v) is 19.4. The van der Waals surface area contributed by atoms with Crippen LogP contribution in [0.5, 0.6) is 5.75 Å². The highest BCUT2D eigenvalue weighted by Gasteiger charge is 2.39. The molecule has 1 aromatic heterocycles. The van der Waals surface area contributed by atoms with Crippen LogP contribution in [0.15, 0.2) is 34.3 Å². The van der Waals surface area contributed by atoms with Crippen molar-refractivity contribution in [1.29, 1.82) is 0 Å². The van der Waals surface area contributed by atoms with E-state index in [1.54, 1.807) is 0 Å². The molecule has 0 fully saturated rings. The van der Waals surface area contributed by atoms with Gasteiger partial charge < -0.3 is 20.1 Å². The molecule has 3 N–H and O–H groups in total. The van der Waals surface area contributed by atoms with Gasteiger partial charge in [0.05, 0.1) is 5.69 Å². The summed E-state index contributed by atoms with van der Waals surface area (Å²) in [6.45, 7) is 5.02.